The van der Waals surface area contributed by atoms with E-state index in [0.717, 1.165) is 0 Å². The van der Waals surface area contributed by atoms with Crippen LogP contribution < -0.4 is 20.1 Å². The fourth-order valence-corrected chi connectivity index (χ4v) is 1.78. The third-order valence-corrected chi connectivity index (χ3v) is 2.81. The molecule has 0 aromatic heterocycles. The Balaban J connectivity index is 2.79. The van der Waals surface area contributed by atoms with Gasteiger partial charge in [-0.1, -0.05) is 17.7 Å². The summed E-state index contributed by atoms with van der Waals surface area (Å²) in [6.07, 6.45) is 1.23. The Morgan fingerprint density at radius 1 is 1.24 bits per heavy atom. The molecule has 2 N–H and O–H groups in total. The Hall–Kier alpha value is -2.21. The van der Waals surface area contributed by atoms with Crippen LogP contribution in [0.2, 0.25) is 5.02 Å². The van der Waals surface area contributed by atoms with Gasteiger partial charge in [-0.3, -0.25) is 9.59 Å². The van der Waals surface area contributed by atoms with Crippen LogP contribution in [-0.2, 0) is 9.59 Å². The highest BCUT2D eigenvalue weighted by Crippen LogP contribution is 2.35. The fourth-order valence-electron chi connectivity index (χ4n) is 1.55. The Kier molecular flexibility index (Phi) is 6.55. The number of anilines is 1. The second kappa shape index (κ2) is 8.16. The van der Waals surface area contributed by atoms with Gasteiger partial charge < -0.3 is 20.1 Å². The predicted molar refractivity (Wildman–Crippen MR) is 81.0 cm³/mol. The molecule has 0 fully saturated rings. The van der Waals surface area contributed by atoms with Crippen molar-refractivity contribution in [2.24, 2.45) is 0 Å². The molecular weight excluding hydrogens is 296 g/mol. The molecule has 0 bridgehead atoms. The van der Waals surface area contributed by atoms with Crippen molar-refractivity contribution in [1.82, 2.24) is 5.32 Å². The Labute approximate surface area is 128 Å². The van der Waals surface area contributed by atoms with Crippen LogP contribution in [0.15, 0.2) is 24.8 Å². The lowest BCUT2D eigenvalue weighted by Crippen LogP contribution is -2.28. The SMILES string of the molecule is C=CCNC(=O)CC(=O)Nc1cc(OC)c(Cl)cc1OC. The van der Waals surface area contributed by atoms with Crippen LogP contribution in [0.1, 0.15) is 6.42 Å². The number of amides is 2. The minimum absolute atomic E-state index is 0.304. The first-order chi connectivity index (χ1) is 10.0. The van der Waals surface area contributed by atoms with E-state index in [1.165, 1.54) is 32.4 Å². The average Bonchev–Trinajstić information content (AvgIpc) is 2.46. The normalized spacial score (nSPS) is 9.67. The molecule has 0 atom stereocenters. The van der Waals surface area contributed by atoms with Gasteiger partial charge in [0.15, 0.2) is 0 Å². The zero-order chi connectivity index (χ0) is 15.8. The molecular formula is C14H17ClN2O4. The van der Waals surface area contributed by atoms with E-state index in [1.54, 1.807) is 0 Å². The maximum absolute atomic E-state index is 11.8. The number of hydrogen-bond donors (Lipinski definition) is 2. The molecule has 7 heteroatoms. The van der Waals surface area contributed by atoms with E-state index in [2.05, 4.69) is 17.2 Å². The van der Waals surface area contributed by atoms with E-state index in [0.29, 0.717) is 28.8 Å². The van der Waals surface area contributed by atoms with Crippen molar-refractivity contribution < 1.29 is 19.1 Å². The van der Waals surface area contributed by atoms with Crippen molar-refractivity contribution in [3.8, 4) is 11.5 Å². The second-order valence-corrected chi connectivity index (χ2v) is 4.41. The third-order valence-electron chi connectivity index (χ3n) is 2.51. The van der Waals surface area contributed by atoms with Crippen LogP contribution in [0.25, 0.3) is 0 Å². The van der Waals surface area contributed by atoms with Gasteiger partial charge in [-0.15, -0.1) is 6.58 Å². The number of carbonyl (C=O) groups is 2. The van der Waals surface area contributed by atoms with Crippen LogP contribution in [0.5, 0.6) is 11.5 Å². The third kappa shape index (κ3) is 5.00. The molecule has 0 aliphatic rings. The smallest absolute Gasteiger partial charge is 0.233 e. The monoisotopic (exact) mass is 312 g/mol. The van der Waals surface area contributed by atoms with Gasteiger partial charge in [0.05, 0.1) is 24.9 Å². The van der Waals surface area contributed by atoms with E-state index < -0.39 is 11.8 Å². The van der Waals surface area contributed by atoms with Gasteiger partial charge in [0, 0.05) is 18.7 Å². The number of ether oxygens (including phenoxy) is 2. The van der Waals surface area contributed by atoms with Crippen molar-refractivity contribution >= 4 is 29.1 Å². The Morgan fingerprint density at radius 3 is 2.48 bits per heavy atom. The minimum Gasteiger partial charge on any atom is -0.495 e. The Morgan fingerprint density at radius 2 is 1.90 bits per heavy atom. The van der Waals surface area contributed by atoms with E-state index >= 15 is 0 Å². The van der Waals surface area contributed by atoms with Crippen molar-refractivity contribution in [2.75, 3.05) is 26.1 Å². The highest BCUT2D eigenvalue weighted by Gasteiger charge is 2.14. The molecule has 1 rings (SSSR count). The molecule has 0 spiro atoms. The van der Waals surface area contributed by atoms with E-state index in [9.17, 15) is 9.59 Å². The first-order valence-corrected chi connectivity index (χ1v) is 6.48. The summed E-state index contributed by atoms with van der Waals surface area (Å²) >= 11 is 5.97. The maximum Gasteiger partial charge on any atom is 0.233 e. The fraction of sp³-hybridized carbons (Fsp3) is 0.286. The zero-order valence-corrected chi connectivity index (χ0v) is 12.6. The van der Waals surface area contributed by atoms with Gasteiger partial charge >= 0.3 is 0 Å². The minimum atomic E-state index is -0.473. The van der Waals surface area contributed by atoms with E-state index in [-0.39, 0.29) is 6.42 Å². The van der Waals surface area contributed by atoms with E-state index in [4.69, 9.17) is 21.1 Å². The molecule has 1 aromatic rings. The first-order valence-electron chi connectivity index (χ1n) is 6.10. The lowest BCUT2D eigenvalue weighted by Gasteiger charge is -2.13. The lowest BCUT2D eigenvalue weighted by atomic mass is 10.2. The summed E-state index contributed by atoms with van der Waals surface area (Å²) in [5.41, 5.74) is 0.375. The van der Waals surface area contributed by atoms with Gasteiger partial charge in [0.1, 0.15) is 17.9 Å². The average molecular weight is 313 g/mol. The van der Waals surface area contributed by atoms with Crippen LogP contribution in [0, 0.1) is 0 Å². The number of methoxy groups -OCH3 is 2. The molecule has 0 saturated heterocycles. The molecule has 0 saturated carbocycles. The lowest BCUT2D eigenvalue weighted by molar-refractivity contribution is -0.126. The van der Waals surface area contributed by atoms with E-state index in [1.807, 2.05) is 0 Å². The first kappa shape index (κ1) is 16.8. The van der Waals surface area contributed by atoms with Crippen molar-refractivity contribution in [3.05, 3.63) is 29.8 Å². The van der Waals surface area contributed by atoms with Gasteiger partial charge in [0.2, 0.25) is 11.8 Å². The topological polar surface area (TPSA) is 76.7 Å². The number of benzene rings is 1. The van der Waals surface area contributed by atoms with Gasteiger partial charge in [-0.2, -0.15) is 0 Å². The predicted octanol–water partition coefficient (Wildman–Crippen LogP) is 1.99. The molecule has 21 heavy (non-hydrogen) atoms. The molecule has 0 radical (unpaired) electrons. The summed E-state index contributed by atoms with van der Waals surface area (Å²) in [7, 11) is 2.91. The van der Waals surface area contributed by atoms with Crippen LogP contribution in [0.3, 0.4) is 0 Å². The highest BCUT2D eigenvalue weighted by atomic mass is 35.5. The highest BCUT2D eigenvalue weighted by molar-refractivity contribution is 6.32. The Bertz CT molecular complexity index is 546. The zero-order valence-electron chi connectivity index (χ0n) is 11.9. The van der Waals surface area contributed by atoms with Gasteiger partial charge in [-0.05, 0) is 0 Å². The number of rotatable bonds is 7. The molecule has 0 heterocycles. The quantitative estimate of drug-likeness (QED) is 0.596. The maximum atomic E-state index is 11.8. The number of carbonyl (C=O) groups excluding carboxylic acids is 2. The summed E-state index contributed by atoms with van der Waals surface area (Å²) < 4.78 is 10.2. The van der Waals surface area contributed by atoms with Crippen molar-refractivity contribution in [3.63, 3.8) is 0 Å². The molecule has 0 aliphatic carbocycles. The van der Waals surface area contributed by atoms with Gasteiger partial charge in [-0.25, -0.2) is 0 Å². The summed E-state index contributed by atoms with van der Waals surface area (Å²) in [5.74, 6) is -0.101. The molecule has 0 unspecified atom stereocenters. The van der Waals surface area contributed by atoms with Gasteiger partial charge in [0.25, 0.3) is 0 Å². The molecule has 0 aliphatic heterocycles. The molecule has 114 valence electrons. The van der Waals surface area contributed by atoms with Crippen LogP contribution in [0.4, 0.5) is 5.69 Å². The number of hydrogen-bond acceptors (Lipinski definition) is 4. The summed E-state index contributed by atoms with van der Waals surface area (Å²) in [4.78, 5) is 23.2. The number of nitrogens with one attached hydrogen (secondary N) is 2. The molecule has 6 nitrogen and oxygen atoms in total. The molecule has 1 aromatic carbocycles. The van der Waals surface area contributed by atoms with Crippen LogP contribution >= 0.6 is 11.6 Å². The largest absolute Gasteiger partial charge is 0.495 e. The van der Waals surface area contributed by atoms with Crippen molar-refractivity contribution in [1.29, 1.82) is 0 Å². The van der Waals surface area contributed by atoms with Crippen LogP contribution in [-0.4, -0.2) is 32.6 Å². The second-order valence-electron chi connectivity index (χ2n) is 4.00. The standard InChI is InChI=1S/C14H17ClN2O4/c1-4-5-16-13(18)8-14(19)17-10-7-11(20-2)9(15)6-12(10)21-3/h4,6-7H,1,5,8H2,2-3H3,(H,16,18)(H,17,19). The summed E-state index contributed by atoms with van der Waals surface area (Å²) in [6, 6.07) is 3.05. The summed E-state index contributed by atoms with van der Waals surface area (Å²) in [6.45, 7) is 3.78. The van der Waals surface area contributed by atoms with Crippen molar-refractivity contribution in [2.45, 2.75) is 6.42 Å². The molecule has 2 amide bonds. The summed E-state index contributed by atoms with van der Waals surface area (Å²) in [5, 5.41) is 5.45. The number of halogens is 1.